The van der Waals surface area contributed by atoms with Crippen molar-refractivity contribution in [1.82, 2.24) is 0 Å². The molecule has 1 atom stereocenters. The summed E-state index contributed by atoms with van der Waals surface area (Å²) in [6.45, 7) is 5.18. The summed E-state index contributed by atoms with van der Waals surface area (Å²) in [5.74, 6) is -0.378. The summed E-state index contributed by atoms with van der Waals surface area (Å²) in [5.41, 5.74) is 2.75. The Bertz CT molecular complexity index is 692. The number of amides is 1. The van der Waals surface area contributed by atoms with Gasteiger partial charge >= 0.3 is 5.97 Å². The molecule has 0 aliphatic heterocycles. The van der Waals surface area contributed by atoms with Crippen LogP contribution in [0.4, 0.5) is 5.69 Å². The van der Waals surface area contributed by atoms with E-state index in [1.807, 2.05) is 50.2 Å². The van der Waals surface area contributed by atoms with Crippen molar-refractivity contribution in [1.29, 1.82) is 0 Å². The Morgan fingerprint density at radius 3 is 2.29 bits per heavy atom. The third-order valence-electron chi connectivity index (χ3n) is 3.27. The molecule has 2 rings (SSSR count). The van der Waals surface area contributed by atoms with Gasteiger partial charge in [-0.1, -0.05) is 24.3 Å². The van der Waals surface area contributed by atoms with E-state index in [2.05, 4.69) is 5.32 Å². The van der Waals surface area contributed by atoms with Gasteiger partial charge in [0.15, 0.2) is 12.7 Å². The number of anilines is 1. The zero-order chi connectivity index (χ0) is 17.5. The predicted molar refractivity (Wildman–Crippen MR) is 92.0 cm³/mol. The number of benzene rings is 2. The van der Waals surface area contributed by atoms with E-state index in [1.54, 1.807) is 12.1 Å². The first-order chi connectivity index (χ1) is 11.4. The van der Waals surface area contributed by atoms with Gasteiger partial charge in [0.2, 0.25) is 0 Å². The molecule has 0 saturated carbocycles. The summed E-state index contributed by atoms with van der Waals surface area (Å²) in [5, 5.41) is 2.68. The first-order valence-corrected chi connectivity index (χ1v) is 7.70. The summed E-state index contributed by atoms with van der Waals surface area (Å²) in [6.07, 6.45) is -0.902. The second-order valence-corrected chi connectivity index (χ2v) is 5.60. The van der Waals surface area contributed by atoms with Crippen LogP contribution in [0.1, 0.15) is 18.1 Å². The van der Waals surface area contributed by atoms with E-state index in [-0.39, 0.29) is 12.5 Å². The fraction of sp³-hybridized carbons (Fsp3) is 0.263. The first-order valence-electron chi connectivity index (χ1n) is 7.70. The quantitative estimate of drug-likeness (QED) is 0.827. The van der Waals surface area contributed by atoms with Crippen molar-refractivity contribution in [3.8, 4) is 5.75 Å². The first kappa shape index (κ1) is 17.5. The second kappa shape index (κ2) is 8.15. The molecule has 2 aromatic rings. The monoisotopic (exact) mass is 327 g/mol. The van der Waals surface area contributed by atoms with Crippen LogP contribution in [0, 0.1) is 13.8 Å². The normalized spacial score (nSPS) is 11.5. The maximum absolute atomic E-state index is 12.0. The van der Waals surface area contributed by atoms with Gasteiger partial charge in [-0.05, 0) is 56.2 Å². The standard InChI is InChI=1S/C19H21NO4/c1-13-9-14(2)11-17(10-13)23-12-18(21)24-15(3)19(22)20-16-7-5-4-6-8-16/h4-11,15H,12H2,1-3H3,(H,20,22)/t15-/m0/s1. The zero-order valence-electron chi connectivity index (χ0n) is 14.0. The van der Waals surface area contributed by atoms with Gasteiger partial charge in [0.25, 0.3) is 5.91 Å². The van der Waals surface area contributed by atoms with Gasteiger partial charge in [0, 0.05) is 5.69 Å². The number of carbonyl (C=O) groups is 2. The maximum Gasteiger partial charge on any atom is 0.344 e. The van der Waals surface area contributed by atoms with Crippen LogP contribution >= 0.6 is 0 Å². The third kappa shape index (κ3) is 5.43. The van der Waals surface area contributed by atoms with E-state index < -0.39 is 12.1 Å². The summed E-state index contributed by atoms with van der Waals surface area (Å²) in [7, 11) is 0. The largest absolute Gasteiger partial charge is 0.482 e. The lowest BCUT2D eigenvalue weighted by molar-refractivity contribution is -0.155. The van der Waals surface area contributed by atoms with E-state index in [0.29, 0.717) is 11.4 Å². The molecule has 0 heterocycles. The number of rotatable bonds is 6. The Hall–Kier alpha value is -2.82. The average molecular weight is 327 g/mol. The lowest BCUT2D eigenvalue weighted by Crippen LogP contribution is -2.31. The fourth-order valence-electron chi connectivity index (χ4n) is 2.21. The number of carbonyl (C=O) groups excluding carboxylic acids is 2. The summed E-state index contributed by atoms with van der Waals surface area (Å²) < 4.78 is 10.5. The summed E-state index contributed by atoms with van der Waals surface area (Å²) >= 11 is 0. The number of para-hydroxylation sites is 1. The van der Waals surface area contributed by atoms with Crippen LogP contribution in [0.3, 0.4) is 0 Å². The number of ether oxygens (including phenoxy) is 2. The van der Waals surface area contributed by atoms with Crippen LogP contribution in [-0.4, -0.2) is 24.6 Å². The van der Waals surface area contributed by atoms with Crippen LogP contribution in [0.5, 0.6) is 5.75 Å². The maximum atomic E-state index is 12.0. The number of nitrogens with one attached hydrogen (secondary N) is 1. The summed E-state index contributed by atoms with van der Waals surface area (Å²) in [4.78, 5) is 23.8. The van der Waals surface area contributed by atoms with E-state index in [0.717, 1.165) is 11.1 Å². The van der Waals surface area contributed by atoms with Gasteiger partial charge < -0.3 is 14.8 Å². The molecule has 0 fully saturated rings. The van der Waals surface area contributed by atoms with Crippen LogP contribution in [-0.2, 0) is 14.3 Å². The minimum Gasteiger partial charge on any atom is -0.482 e. The highest BCUT2D eigenvalue weighted by Gasteiger charge is 2.18. The lowest BCUT2D eigenvalue weighted by atomic mass is 10.1. The second-order valence-electron chi connectivity index (χ2n) is 5.60. The molecule has 0 unspecified atom stereocenters. The molecule has 0 aromatic heterocycles. The van der Waals surface area contributed by atoms with Crippen molar-refractivity contribution < 1.29 is 19.1 Å². The Morgan fingerprint density at radius 2 is 1.67 bits per heavy atom. The van der Waals surface area contributed by atoms with Crippen molar-refractivity contribution in [3.63, 3.8) is 0 Å². The number of hydrogen-bond acceptors (Lipinski definition) is 4. The molecule has 5 heteroatoms. The molecule has 0 aliphatic rings. The van der Waals surface area contributed by atoms with Crippen LogP contribution in [0.15, 0.2) is 48.5 Å². The molecule has 2 aromatic carbocycles. The van der Waals surface area contributed by atoms with Gasteiger partial charge in [-0.25, -0.2) is 4.79 Å². The number of aryl methyl sites for hydroxylation is 2. The molecule has 0 spiro atoms. The predicted octanol–water partition coefficient (Wildman–Crippen LogP) is 3.25. The van der Waals surface area contributed by atoms with Gasteiger partial charge in [-0.2, -0.15) is 0 Å². The van der Waals surface area contributed by atoms with Crippen molar-refractivity contribution in [3.05, 3.63) is 59.7 Å². The molecule has 1 amide bonds. The van der Waals surface area contributed by atoms with Crippen LogP contribution in [0.2, 0.25) is 0 Å². The van der Waals surface area contributed by atoms with E-state index in [1.165, 1.54) is 6.92 Å². The minimum absolute atomic E-state index is 0.244. The Labute approximate surface area is 141 Å². The molecule has 0 aliphatic carbocycles. The molecule has 126 valence electrons. The highest BCUT2D eigenvalue weighted by Crippen LogP contribution is 2.16. The minimum atomic E-state index is -0.902. The van der Waals surface area contributed by atoms with Crippen LogP contribution in [0.25, 0.3) is 0 Å². The highest BCUT2D eigenvalue weighted by molar-refractivity contribution is 5.95. The fourth-order valence-corrected chi connectivity index (χ4v) is 2.21. The van der Waals surface area contributed by atoms with E-state index in [9.17, 15) is 9.59 Å². The van der Waals surface area contributed by atoms with Crippen molar-refractivity contribution in [2.24, 2.45) is 0 Å². The lowest BCUT2D eigenvalue weighted by Gasteiger charge is -2.14. The molecule has 24 heavy (non-hydrogen) atoms. The van der Waals surface area contributed by atoms with E-state index in [4.69, 9.17) is 9.47 Å². The topological polar surface area (TPSA) is 64.6 Å². The molecule has 5 nitrogen and oxygen atoms in total. The van der Waals surface area contributed by atoms with E-state index >= 15 is 0 Å². The molecule has 0 saturated heterocycles. The summed E-state index contributed by atoms with van der Waals surface area (Å²) in [6, 6.07) is 14.7. The number of esters is 1. The van der Waals surface area contributed by atoms with Gasteiger partial charge in [-0.3, -0.25) is 4.79 Å². The molecular weight excluding hydrogens is 306 g/mol. The van der Waals surface area contributed by atoms with Crippen molar-refractivity contribution in [2.45, 2.75) is 26.9 Å². The average Bonchev–Trinajstić information content (AvgIpc) is 2.53. The van der Waals surface area contributed by atoms with Crippen molar-refractivity contribution >= 4 is 17.6 Å². The Balaban J connectivity index is 1.81. The number of hydrogen-bond donors (Lipinski definition) is 1. The Kier molecular flexibility index (Phi) is 5.95. The molecular formula is C19H21NO4. The smallest absolute Gasteiger partial charge is 0.344 e. The van der Waals surface area contributed by atoms with Gasteiger partial charge in [0.05, 0.1) is 0 Å². The molecule has 1 N–H and O–H groups in total. The van der Waals surface area contributed by atoms with Gasteiger partial charge in [0.1, 0.15) is 5.75 Å². The highest BCUT2D eigenvalue weighted by atomic mass is 16.6. The Morgan fingerprint density at radius 1 is 1.04 bits per heavy atom. The third-order valence-corrected chi connectivity index (χ3v) is 3.27. The molecule has 0 bridgehead atoms. The van der Waals surface area contributed by atoms with Crippen LogP contribution < -0.4 is 10.1 Å². The van der Waals surface area contributed by atoms with Gasteiger partial charge in [-0.15, -0.1) is 0 Å². The SMILES string of the molecule is Cc1cc(C)cc(OCC(=O)O[C@@H](C)C(=O)Nc2ccccc2)c1. The zero-order valence-corrected chi connectivity index (χ0v) is 14.0. The van der Waals surface area contributed by atoms with Crippen molar-refractivity contribution in [2.75, 3.05) is 11.9 Å². The molecule has 0 radical (unpaired) electrons.